The van der Waals surface area contributed by atoms with Crippen LogP contribution in [0.15, 0.2) is 29.8 Å². The molecule has 0 spiro atoms. The Hall–Kier alpha value is -2.61. The predicted octanol–water partition coefficient (Wildman–Crippen LogP) is 4.12. The van der Waals surface area contributed by atoms with Gasteiger partial charge in [-0.15, -0.1) is 11.3 Å². The SMILES string of the molecule is O=C(c1nn(-c2ccc(F)c(F)c2)c2c1CCC2)N1CCCC(c2nccs2)C1. The maximum Gasteiger partial charge on any atom is 0.274 e. The molecule has 1 unspecified atom stereocenters. The average Bonchev–Trinajstić information content (AvgIpc) is 3.48. The standard InChI is InChI=1S/C21H20F2N4OS/c22-16-7-6-14(11-17(16)23)27-18-5-1-4-15(18)19(25-27)21(28)26-9-2-3-13(12-26)20-24-8-10-29-20/h6-8,10-11,13H,1-5,9,12H2. The van der Waals surface area contributed by atoms with Gasteiger partial charge in [-0.3, -0.25) is 4.79 Å². The van der Waals surface area contributed by atoms with Crippen molar-refractivity contribution < 1.29 is 13.6 Å². The van der Waals surface area contributed by atoms with Gasteiger partial charge >= 0.3 is 0 Å². The van der Waals surface area contributed by atoms with Gasteiger partial charge in [0.1, 0.15) is 0 Å². The molecule has 3 heterocycles. The Morgan fingerprint density at radius 3 is 2.86 bits per heavy atom. The van der Waals surface area contributed by atoms with Crippen molar-refractivity contribution in [2.45, 2.75) is 38.0 Å². The lowest BCUT2D eigenvalue weighted by molar-refractivity contribution is 0.0699. The summed E-state index contributed by atoms with van der Waals surface area (Å²) in [6.45, 7) is 1.34. The van der Waals surface area contributed by atoms with Crippen LogP contribution >= 0.6 is 11.3 Å². The number of halogens is 2. The van der Waals surface area contributed by atoms with E-state index in [0.29, 0.717) is 24.5 Å². The lowest BCUT2D eigenvalue weighted by atomic mass is 9.98. The smallest absolute Gasteiger partial charge is 0.274 e. The van der Waals surface area contributed by atoms with Gasteiger partial charge in [-0.25, -0.2) is 18.4 Å². The van der Waals surface area contributed by atoms with E-state index < -0.39 is 11.6 Å². The van der Waals surface area contributed by atoms with Gasteiger partial charge in [0.2, 0.25) is 0 Å². The number of amides is 1. The van der Waals surface area contributed by atoms with E-state index in [4.69, 9.17) is 0 Å². The van der Waals surface area contributed by atoms with Crippen LogP contribution in [-0.4, -0.2) is 38.7 Å². The van der Waals surface area contributed by atoms with Crippen molar-refractivity contribution in [2.24, 2.45) is 0 Å². The molecule has 0 radical (unpaired) electrons. The maximum absolute atomic E-state index is 13.8. The maximum atomic E-state index is 13.8. The minimum atomic E-state index is -0.917. The van der Waals surface area contributed by atoms with E-state index in [1.165, 1.54) is 6.07 Å². The summed E-state index contributed by atoms with van der Waals surface area (Å²) < 4.78 is 28.7. The van der Waals surface area contributed by atoms with E-state index in [1.807, 2.05) is 10.3 Å². The topological polar surface area (TPSA) is 51.0 Å². The third-order valence-corrected chi connectivity index (χ3v) is 6.73. The lowest BCUT2D eigenvalue weighted by Crippen LogP contribution is -2.39. The van der Waals surface area contributed by atoms with Crippen LogP contribution in [0.4, 0.5) is 8.78 Å². The Morgan fingerprint density at radius 1 is 1.17 bits per heavy atom. The summed E-state index contributed by atoms with van der Waals surface area (Å²) in [6.07, 6.45) is 6.25. The summed E-state index contributed by atoms with van der Waals surface area (Å²) in [5, 5.41) is 7.59. The summed E-state index contributed by atoms with van der Waals surface area (Å²) in [7, 11) is 0. The monoisotopic (exact) mass is 414 g/mol. The van der Waals surface area contributed by atoms with Crippen molar-refractivity contribution in [3.63, 3.8) is 0 Å². The molecule has 1 amide bonds. The number of nitrogens with zero attached hydrogens (tertiary/aromatic N) is 4. The molecule has 1 aromatic carbocycles. The van der Waals surface area contributed by atoms with Crippen molar-refractivity contribution in [3.05, 3.63) is 63.4 Å². The van der Waals surface area contributed by atoms with Crippen LogP contribution in [0.3, 0.4) is 0 Å². The van der Waals surface area contributed by atoms with Crippen molar-refractivity contribution in [2.75, 3.05) is 13.1 Å². The fourth-order valence-electron chi connectivity index (χ4n) is 4.39. The van der Waals surface area contributed by atoms with Crippen molar-refractivity contribution in [1.82, 2.24) is 19.7 Å². The first-order valence-electron chi connectivity index (χ1n) is 9.86. The number of carbonyl (C=O) groups excluding carboxylic acids is 1. The van der Waals surface area contributed by atoms with Gasteiger partial charge in [0.25, 0.3) is 5.91 Å². The molecule has 1 atom stereocenters. The van der Waals surface area contributed by atoms with Crippen LogP contribution in [0.25, 0.3) is 5.69 Å². The van der Waals surface area contributed by atoms with Crippen molar-refractivity contribution in [3.8, 4) is 5.69 Å². The van der Waals surface area contributed by atoms with Gasteiger partial charge in [-0.2, -0.15) is 5.10 Å². The van der Waals surface area contributed by atoms with Gasteiger partial charge in [0.15, 0.2) is 17.3 Å². The average molecular weight is 414 g/mol. The summed E-state index contributed by atoms with van der Waals surface area (Å²) in [5.41, 5.74) is 2.76. The van der Waals surface area contributed by atoms with Crippen LogP contribution in [0, 0.1) is 11.6 Å². The number of benzene rings is 1. The first-order valence-corrected chi connectivity index (χ1v) is 10.7. The number of piperidine rings is 1. The Labute approximate surface area is 171 Å². The molecule has 1 aliphatic carbocycles. The van der Waals surface area contributed by atoms with E-state index in [-0.39, 0.29) is 11.8 Å². The van der Waals surface area contributed by atoms with E-state index in [9.17, 15) is 13.6 Å². The number of rotatable bonds is 3. The molecule has 8 heteroatoms. The highest BCUT2D eigenvalue weighted by atomic mass is 32.1. The number of hydrogen-bond donors (Lipinski definition) is 0. The molecular formula is C21H20F2N4OS. The molecular weight excluding hydrogens is 394 g/mol. The van der Waals surface area contributed by atoms with Gasteiger partial charge in [0.05, 0.1) is 10.7 Å². The van der Waals surface area contributed by atoms with Crippen LogP contribution in [0.5, 0.6) is 0 Å². The Morgan fingerprint density at radius 2 is 2.07 bits per heavy atom. The molecule has 150 valence electrons. The molecule has 0 N–H and O–H groups in total. The summed E-state index contributed by atoms with van der Waals surface area (Å²) >= 11 is 1.63. The Bertz CT molecular complexity index is 1060. The number of aromatic nitrogens is 3. The molecule has 29 heavy (non-hydrogen) atoms. The highest BCUT2D eigenvalue weighted by molar-refractivity contribution is 7.09. The molecule has 3 aromatic rings. The zero-order valence-corrected chi connectivity index (χ0v) is 16.6. The van der Waals surface area contributed by atoms with Crippen LogP contribution < -0.4 is 0 Å². The van der Waals surface area contributed by atoms with E-state index in [1.54, 1.807) is 22.2 Å². The molecule has 5 nitrogen and oxygen atoms in total. The van der Waals surface area contributed by atoms with Gasteiger partial charge in [-0.05, 0) is 44.2 Å². The Balaban J connectivity index is 1.46. The molecule has 0 saturated carbocycles. The number of fused-ring (bicyclic) bond motifs is 1. The molecule has 0 bridgehead atoms. The second kappa shape index (κ2) is 7.33. The number of likely N-dealkylation sites (tertiary alicyclic amines) is 1. The van der Waals surface area contributed by atoms with Gasteiger partial charge in [0, 0.05) is 47.9 Å². The minimum absolute atomic E-state index is 0.0780. The van der Waals surface area contributed by atoms with E-state index in [2.05, 4.69) is 10.1 Å². The highest BCUT2D eigenvalue weighted by Crippen LogP contribution is 2.32. The zero-order valence-electron chi connectivity index (χ0n) is 15.8. The predicted molar refractivity (Wildman–Crippen MR) is 105 cm³/mol. The van der Waals surface area contributed by atoms with Crippen LogP contribution in [-0.2, 0) is 12.8 Å². The van der Waals surface area contributed by atoms with Crippen LogP contribution in [0.1, 0.15) is 51.9 Å². The summed E-state index contributed by atoms with van der Waals surface area (Å²) in [5.74, 6) is -1.63. The lowest BCUT2D eigenvalue weighted by Gasteiger charge is -2.31. The second-order valence-electron chi connectivity index (χ2n) is 7.60. The third-order valence-electron chi connectivity index (χ3n) is 5.79. The molecule has 5 rings (SSSR count). The first kappa shape index (κ1) is 18.4. The number of thiazole rings is 1. The minimum Gasteiger partial charge on any atom is -0.337 e. The Kier molecular flexibility index (Phi) is 4.66. The van der Waals surface area contributed by atoms with Crippen molar-refractivity contribution >= 4 is 17.2 Å². The summed E-state index contributed by atoms with van der Waals surface area (Å²) in [4.78, 5) is 19.6. The molecule has 1 fully saturated rings. The van der Waals surface area contributed by atoms with Crippen molar-refractivity contribution in [1.29, 1.82) is 0 Å². The van der Waals surface area contributed by atoms with Gasteiger partial charge < -0.3 is 4.90 Å². The van der Waals surface area contributed by atoms with Crippen LogP contribution in [0.2, 0.25) is 0 Å². The fourth-order valence-corrected chi connectivity index (χ4v) is 5.16. The quantitative estimate of drug-likeness (QED) is 0.648. The normalized spacial score (nSPS) is 18.8. The third kappa shape index (κ3) is 3.25. The number of carbonyl (C=O) groups is 1. The first-order chi connectivity index (χ1) is 14.1. The fraction of sp³-hybridized carbons (Fsp3) is 0.381. The zero-order chi connectivity index (χ0) is 20.0. The highest BCUT2D eigenvalue weighted by Gasteiger charge is 2.32. The molecule has 1 saturated heterocycles. The second-order valence-corrected chi connectivity index (χ2v) is 8.52. The van der Waals surface area contributed by atoms with E-state index >= 15 is 0 Å². The number of hydrogen-bond acceptors (Lipinski definition) is 4. The molecule has 2 aromatic heterocycles. The largest absolute Gasteiger partial charge is 0.337 e. The molecule has 2 aliphatic rings. The van der Waals surface area contributed by atoms with E-state index in [0.717, 1.165) is 60.5 Å². The van der Waals surface area contributed by atoms with Gasteiger partial charge in [-0.1, -0.05) is 0 Å². The molecule has 1 aliphatic heterocycles. The summed E-state index contributed by atoms with van der Waals surface area (Å²) in [6, 6.07) is 3.73.